The Labute approximate surface area is 107 Å². The van der Waals surface area contributed by atoms with Crippen LogP contribution >= 0.6 is 23.4 Å². The van der Waals surface area contributed by atoms with Crippen molar-refractivity contribution in [3.8, 4) is 0 Å². The number of pyridine rings is 1. The van der Waals surface area contributed by atoms with Crippen molar-refractivity contribution in [2.75, 3.05) is 0 Å². The maximum Gasteiger partial charge on any atom is 0.337 e. The summed E-state index contributed by atoms with van der Waals surface area (Å²) in [6.07, 6.45) is 2.89. The molecule has 0 saturated heterocycles. The van der Waals surface area contributed by atoms with Crippen molar-refractivity contribution in [1.82, 2.24) is 4.98 Å². The van der Waals surface area contributed by atoms with Crippen LogP contribution in [0.25, 0.3) is 0 Å². The highest BCUT2D eigenvalue weighted by molar-refractivity contribution is 7.98. The summed E-state index contributed by atoms with van der Waals surface area (Å²) in [4.78, 5) is 14.7. The van der Waals surface area contributed by atoms with E-state index in [9.17, 15) is 4.79 Å². The molecule has 0 aliphatic heterocycles. The van der Waals surface area contributed by atoms with Crippen molar-refractivity contribution >= 4 is 29.3 Å². The number of hydrogen-bond acceptors (Lipinski definition) is 4. The van der Waals surface area contributed by atoms with Gasteiger partial charge in [-0.1, -0.05) is 23.4 Å². The Hall–Kier alpha value is -1.46. The van der Waals surface area contributed by atoms with Crippen LogP contribution in [0.3, 0.4) is 0 Å². The molecule has 17 heavy (non-hydrogen) atoms. The van der Waals surface area contributed by atoms with E-state index in [2.05, 4.69) is 4.98 Å². The molecule has 0 spiro atoms. The fourth-order valence-electron chi connectivity index (χ4n) is 1.18. The first kappa shape index (κ1) is 12.0. The predicted molar refractivity (Wildman–Crippen MR) is 64.5 cm³/mol. The molecular weight excluding hydrogens is 262 g/mol. The van der Waals surface area contributed by atoms with Gasteiger partial charge < -0.3 is 9.52 Å². The summed E-state index contributed by atoms with van der Waals surface area (Å²) in [5.41, 5.74) is 0.0809. The van der Waals surface area contributed by atoms with Gasteiger partial charge in [0, 0.05) is 6.20 Å². The first-order valence-electron chi connectivity index (χ1n) is 4.71. The van der Waals surface area contributed by atoms with E-state index in [-0.39, 0.29) is 5.56 Å². The Kier molecular flexibility index (Phi) is 3.71. The number of carboxylic acid groups (broad SMARTS) is 1. The second-order valence-corrected chi connectivity index (χ2v) is 4.56. The molecule has 88 valence electrons. The number of carbonyl (C=O) groups is 1. The number of aromatic carboxylic acids is 1. The molecule has 0 aliphatic carbocycles. The number of halogens is 1. The molecule has 0 bridgehead atoms. The van der Waals surface area contributed by atoms with Crippen molar-refractivity contribution in [1.29, 1.82) is 0 Å². The summed E-state index contributed by atoms with van der Waals surface area (Å²) in [7, 11) is 0. The van der Waals surface area contributed by atoms with Gasteiger partial charge in [0.15, 0.2) is 0 Å². The molecule has 0 aliphatic rings. The Morgan fingerprint density at radius 2 is 2.41 bits per heavy atom. The van der Waals surface area contributed by atoms with Crippen LogP contribution in [0.4, 0.5) is 0 Å². The van der Waals surface area contributed by atoms with E-state index in [1.807, 2.05) is 6.07 Å². The minimum absolute atomic E-state index is 0.0809. The van der Waals surface area contributed by atoms with Gasteiger partial charge in [-0.3, -0.25) is 0 Å². The minimum Gasteiger partial charge on any atom is -0.478 e. The lowest BCUT2D eigenvalue weighted by molar-refractivity contribution is 0.0696. The molecule has 6 heteroatoms. The van der Waals surface area contributed by atoms with Gasteiger partial charge in [0.05, 0.1) is 22.6 Å². The zero-order valence-electron chi connectivity index (χ0n) is 8.59. The second-order valence-electron chi connectivity index (χ2n) is 3.18. The smallest absolute Gasteiger partial charge is 0.337 e. The summed E-state index contributed by atoms with van der Waals surface area (Å²) < 4.78 is 5.17. The van der Waals surface area contributed by atoms with Crippen LogP contribution in [-0.4, -0.2) is 16.1 Å². The molecule has 2 aromatic rings. The molecule has 0 fully saturated rings. The zero-order valence-corrected chi connectivity index (χ0v) is 10.2. The number of hydrogen-bond donors (Lipinski definition) is 1. The van der Waals surface area contributed by atoms with Gasteiger partial charge in [-0.2, -0.15) is 0 Å². The molecule has 2 heterocycles. The summed E-state index contributed by atoms with van der Waals surface area (Å²) in [6.45, 7) is 0. The summed E-state index contributed by atoms with van der Waals surface area (Å²) in [6, 6.07) is 5.05. The van der Waals surface area contributed by atoms with Crippen LogP contribution in [0, 0.1) is 0 Å². The van der Waals surface area contributed by atoms with E-state index in [1.54, 1.807) is 12.3 Å². The van der Waals surface area contributed by atoms with Gasteiger partial charge in [0.1, 0.15) is 10.8 Å². The van der Waals surface area contributed by atoms with Crippen LogP contribution in [0.2, 0.25) is 5.02 Å². The first-order chi connectivity index (χ1) is 8.16. The number of rotatable bonds is 4. The number of thioether (sulfide) groups is 1. The average Bonchev–Trinajstić information content (AvgIpc) is 2.80. The highest BCUT2D eigenvalue weighted by Crippen LogP contribution is 2.28. The van der Waals surface area contributed by atoms with Gasteiger partial charge >= 0.3 is 5.97 Å². The third kappa shape index (κ3) is 3.01. The highest BCUT2D eigenvalue weighted by atomic mass is 35.5. The monoisotopic (exact) mass is 269 g/mol. The van der Waals surface area contributed by atoms with Gasteiger partial charge in [0.25, 0.3) is 0 Å². The molecule has 4 nitrogen and oxygen atoms in total. The maximum absolute atomic E-state index is 10.7. The molecule has 0 unspecified atom stereocenters. The van der Waals surface area contributed by atoms with Crippen molar-refractivity contribution in [3.63, 3.8) is 0 Å². The molecule has 0 atom stereocenters. The number of furan rings is 1. The van der Waals surface area contributed by atoms with Crippen LogP contribution in [0.5, 0.6) is 0 Å². The lowest BCUT2D eigenvalue weighted by atomic mass is 10.3. The molecule has 0 amide bonds. The Morgan fingerprint density at radius 1 is 1.59 bits per heavy atom. The highest BCUT2D eigenvalue weighted by Gasteiger charge is 2.09. The third-order valence-electron chi connectivity index (χ3n) is 1.99. The zero-order chi connectivity index (χ0) is 12.3. The Bertz CT molecular complexity index is 528. The van der Waals surface area contributed by atoms with Crippen LogP contribution in [0.15, 0.2) is 40.1 Å². The fourth-order valence-corrected chi connectivity index (χ4v) is 2.28. The van der Waals surface area contributed by atoms with Crippen molar-refractivity contribution in [3.05, 3.63) is 47.0 Å². The Balaban J connectivity index is 2.09. The number of nitrogens with zero attached hydrogens (tertiary/aromatic N) is 1. The maximum atomic E-state index is 10.7. The molecule has 2 rings (SSSR count). The van der Waals surface area contributed by atoms with E-state index in [1.165, 1.54) is 24.0 Å². The van der Waals surface area contributed by atoms with Gasteiger partial charge in [-0.05, 0) is 18.2 Å². The van der Waals surface area contributed by atoms with E-state index in [0.717, 1.165) is 5.76 Å². The Morgan fingerprint density at radius 3 is 3.00 bits per heavy atom. The molecular formula is C11H8ClNO3S. The van der Waals surface area contributed by atoms with Crippen molar-refractivity contribution in [2.45, 2.75) is 10.8 Å². The largest absolute Gasteiger partial charge is 0.478 e. The van der Waals surface area contributed by atoms with E-state index in [4.69, 9.17) is 21.1 Å². The predicted octanol–water partition coefficient (Wildman–Crippen LogP) is 3.32. The molecule has 2 aromatic heterocycles. The molecule has 1 N–H and O–H groups in total. The standard InChI is InChI=1S/C11H8ClNO3S/c12-9-4-7(11(14)15)5-13-10(9)17-6-8-2-1-3-16-8/h1-5H,6H2,(H,14,15). The second kappa shape index (κ2) is 5.25. The van der Waals surface area contributed by atoms with Gasteiger partial charge in [-0.25, -0.2) is 9.78 Å². The lowest BCUT2D eigenvalue weighted by Gasteiger charge is -2.02. The topological polar surface area (TPSA) is 63.3 Å². The van der Waals surface area contributed by atoms with E-state index < -0.39 is 5.97 Å². The van der Waals surface area contributed by atoms with Crippen LogP contribution in [0.1, 0.15) is 16.1 Å². The summed E-state index contributed by atoms with van der Waals surface area (Å²) >= 11 is 7.33. The number of aromatic nitrogens is 1. The van der Waals surface area contributed by atoms with Gasteiger partial charge in [-0.15, -0.1) is 0 Å². The SMILES string of the molecule is O=C(O)c1cnc(SCc2ccco2)c(Cl)c1. The van der Waals surface area contributed by atoms with Crippen molar-refractivity contribution in [2.24, 2.45) is 0 Å². The molecule has 0 aromatic carbocycles. The van der Waals surface area contributed by atoms with Crippen LogP contribution < -0.4 is 0 Å². The summed E-state index contributed by atoms with van der Waals surface area (Å²) in [5, 5.41) is 9.69. The van der Waals surface area contributed by atoms with Crippen molar-refractivity contribution < 1.29 is 14.3 Å². The van der Waals surface area contributed by atoms with E-state index >= 15 is 0 Å². The molecule has 0 radical (unpaired) electrons. The fraction of sp³-hybridized carbons (Fsp3) is 0.0909. The van der Waals surface area contributed by atoms with Gasteiger partial charge in [0.2, 0.25) is 0 Å². The minimum atomic E-state index is -1.04. The normalized spacial score (nSPS) is 10.4. The average molecular weight is 270 g/mol. The van der Waals surface area contributed by atoms with Crippen LogP contribution in [-0.2, 0) is 5.75 Å². The quantitative estimate of drug-likeness (QED) is 0.863. The number of carboxylic acids is 1. The molecule has 0 saturated carbocycles. The third-order valence-corrected chi connectivity index (χ3v) is 3.41. The summed E-state index contributed by atoms with van der Waals surface area (Å²) in [5.74, 6) is 0.378. The first-order valence-corrected chi connectivity index (χ1v) is 6.07. The van der Waals surface area contributed by atoms with E-state index in [0.29, 0.717) is 15.8 Å². The lowest BCUT2D eigenvalue weighted by Crippen LogP contribution is -1.97.